The molecule has 0 spiro atoms. The van der Waals surface area contributed by atoms with Crippen LogP contribution in [0.4, 0.5) is 4.79 Å². The van der Waals surface area contributed by atoms with Crippen LogP contribution in [-0.4, -0.2) is 49.7 Å². The minimum Gasteiger partial charge on any atom is -0.453 e. The third kappa shape index (κ3) is 2.59. The molecule has 0 atom stereocenters. The second-order valence-corrected chi connectivity index (χ2v) is 2.92. The summed E-state index contributed by atoms with van der Waals surface area (Å²) in [6.07, 6.45) is -0.336. The molecule has 1 fully saturated rings. The quantitative estimate of drug-likeness (QED) is 0.564. The molecule has 6 nitrogen and oxygen atoms in total. The van der Waals surface area contributed by atoms with Gasteiger partial charge in [0, 0.05) is 19.1 Å². The number of amides is 2. The summed E-state index contributed by atoms with van der Waals surface area (Å²) in [6, 6.07) is 0.159. The van der Waals surface area contributed by atoms with Crippen molar-refractivity contribution < 1.29 is 14.3 Å². The molecular weight excluding hydrogens is 174 g/mol. The zero-order valence-electron chi connectivity index (χ0n) is 7.45. The molecule has 1 aliphatic rings. The van der Waals surface area contributed by atoms with Gasteiger partial charge in [-0.05, 0) is 0 Å². The van der Waals surface area contributed by atoms with E-state index in [4.69, 9.17) is 5.73 Å². The number of ether oxygens (including phenoxy) is 1. The third-order valence-electron chi connectivity index (χ3n) is 1.88. The van der Waals surface area contributed by atoms with E-state index in [-0.39, 0.29) is 18.7 Å². The van der Waals surface area contributed by atoms with Crippen molar-refractivity contribution in [2.24, 2.45) is 5.73 Å². The van der Waals surface area contributed by atoms with E-state index >= 15 is 0 Å². The van der Waals surface area contributed by atoms with Crippen molar-refractivity contribution in [2.45, 2.75) is 6.04 Å². The second-order valence-electron chi connectivity index (χ2n) is 2.92. The summed E-state index contributed by atoms with van der Waals surface area (Å²) < 4.78 is 4.50. The van der Waals surface area contributed by atoms with Crippen LogP contribution in [-0.2, 0) is 9.53 Å². The number of nitrogens with one attached hydrogen (secondary N) is 1. The molecule has 0 saturated carbocycles. The lowest BCUT2D eigenvalue weighted by Crippen LogP contribution is -2.60. The molecule has 1 heterocycles. The lowest BCUT2D eigenvalue weighted by molar-refractivity contribution is -0.117. The van der Waals surface area contributed by atoms with Crippen molar-refractivity contribution in [1.29, 1.82) is 0 Å². The minimum absolute atomic E-state index is 0.152. The van der Waals surface area contributed by atoms with Gasteiger partial charge in [0.15, 0.2) is 0 Å². The van der Waals surface area contributed by atoms with E-state index in [1.807, 2.05) is 0 Å². The predicted molar refractivity (Wildman–Crippen MR) is 45.0 cm³/mol. The fraction of sp³-hybridized carbons (Fsp3) is 0.714. The Balaban J connectivity index is 2.11. The van der Waals surface area contributed by atoms with Crippen LogP contribution in [0.1, 0.15) is 0 Å². The number of carbonyl (C=O) groups excluding carboxylic acids is 2. The summed E-state index contributed by atoms with van der Waals surface area (Å²) in [5.74, 6) is -0.392. The van der Waals surface area contributed by atoms with Gasteiger partial charge in [-0.1, -0.05) is 0 Å². The lowest BCUT2D eigenvalue weighted by atomic mass is 10.1. The highest BCUT2D eigenvalue weighted by Crippen LogP contribution is 2.08. The van der Waals surface area contributed by atoms with E-state index < -0.39 is 5.91 Å². The SMILES string of the molecule is COC(=O)N1CC(NCC(N)=O)C1. The molecule has 2 amide bonds. The summed E-state index contributed by atoms with van der Waals surface area (Å²) in [5.41, 5.74) is 4.93. The van der Waals surface area contributed by atoms with Crippen LogP contribution in [0.3, 0.4) is 0 Å². The van der Waals surface area contributed by atoms with Crippen molar-refractivity contribution >= 4 is 12.0 Å². The maximum Gasteiger partial charge on any atom is 0.409 e. The van der Waals surface area contributed by atoms with Crippen LogP contribution in [0, 0.1) is 0 Å². The van der Waals surface area contributed by atoms with Crippen LogP contribution in [0.2, 0.25) is 0 Å². The maximum absolute atomic E-state index is 10.9. The van der Waals surface area contributed by atoms with E-state index in [2.05, 4.69) is 10.1 Å². The number of rotatable bonds is 3. The summed E-state index contributed by atoms with van der Waals surface area (Å²) in [7, 11) is 1.34. The molecule has 1 saturated heterocycles. The van der Waals surface area contributed by atoms with Crippen molar-refractivity contribution in [2.75, 3.05) is 26.7 Å². The number of methoxy groups -OCH3 is 1. The third-order valence-corrected chi connectivity index (χ3v) is 1.88. The zero-order valence-corrected chi connectivity index (χ0v) is 7.45. The van der Waals surface area contributed by atoms with Crippen LogP contribution in [0.5, 0.6) is 0 Å². The van der Waals surface area contributed by atoms with Gasteiger partial charge < -0.3 is 20.7 Å². The van der Waals surface area contributed by atoms with Gasteiger partial charge in [-0.25, -0.2) is 4.79 Å². The molecular formula is C7H13N3O3. The Morgan fingerprint density at radius 2 is 2.23 bits per heavy atom. The average Bonchev–Trinajstić information content (AvgIpc) is 2.00. The van der Waals surface area contributed by atoms with Gasteiger partial charge in [0.05, 0.1) is 13.7 Å². The highest BCUT2D eigenvalue weighted by Gasteiger charge is 2.30. The van der Waals surface area contributed by atoms with Crippen molar-refractivity contribution in [3.05, 3.63) is 0 Å². The number of hydrogen-bond donors (Lipinski definition) is 2. The molecule has 0 aromatic rings. The Labute approximate surface area is 76.0 Å². The molecule has 0 aromatic carbocycles. The molecule has 1 aliphatic heterocycles. The molecule has 0 radical (unpaired) electrons. The molecule has 74 valence electrons. The largest absolute Gasteiger partial charge is 0.453 e. The number of likely N-dealkylation sites (tertiary alicyclic amines) is 1. The highest BCUT2D eigenvalue weighted by atomic mass is 16.5. The monoisotopic (exact) mass is 187 g/mol. The number of nitrogens with zero attached hydrogens (tertiary/aromatic N) is 1. The topological polar surface area (TPSA) is 84.7 Å². The number of nitrogens with two attached hydrogens (primary N) is 1. The summed E-state index contributed by atoms with van der Waals surface area (Å²) in [4.78, 5) is 22.8. The Bertz CT molecular complexity index is 213. The van der Waals surface area contributed by atoms with E-state index in [1.54, 1.807) is 4.90 Å². The second kappa shape index (κ2) is 4.08. The maximum atomic E-state index is 10.9. The first-order valence-corrected chi connectivity index (χ1v) is 3.98. The van der Waals surface area contributed by atoms with E-state index in [1.165, 1.54) is 7.11 Å². The first kappa shape index (κ1) is 9.79. The van der Waals surface area contributed by atoms with Gasteiger partial charge in [0.1, 0.15) is 0 Å². The van der Waals surface area contributed by atoms with Gasteiger partial charge in [0.2, 0.25) is 5.91 Å². The molecule has 13 heavy (non-hydrogen) atoms. The molecule has 0 aromatic heterocycles. The molecule has 0 aliphatic carbocycles. The fourth-order valence-electron chi connectivity index (χ4n) is 1.13. The van der Waals surface area contributed by atoms with Crippen molar-refractivity contribution in [3.8, 4) is 0 Å². The first-order valence-electron chi connectivity index (χ1n) is 3.98. The van der Waals surface area contributed by atoms with E-state index in [0.29, 0.717) is 13.1 Å². The minimum atomic E-state index is -0.392. The Morgan fingerprint density at radius 3 is 2.69 bits per heavy atom. The van der Waals surface area contributed by atoms with Gasteiger partial charge in [0.25, 0.3) is 0 Å². The van der Waals surface area contributed by atoms with Crippen LogP contribution < -0.4 is 11.1 Å². The van der Waals surface area contributed by atoms with Gasteiger partial charge in [-0.3, -0.25) is 4.79 Å². The smallest absolute Gasteiger partial charge is 0.409 e. The number of hydrogen-bond acceptors (Lipinski definition) is 4. The molecule has 0 unspecified atom stereocenters. The van der Waals surface area contributed by atoms with Crippen LogP contribution in [0.15, 0.2) is 0 Å². The van der Waals surface area contributed by atoms with Gasteiger partial charge in [-0.2, -0.15) is 0 Å². The van der Waals surface area contributed by atoms with Crippen molar-refractivity contribution in [3.63, 3.8) is 0 Å². The fourth-order valence-corrected chi connectivity index (χ4v) is 1.13. The van der Waals surface area contributed by atoms with Crippen LogP contribution >= 0.6 is 0 Å². The highest BCUT2D eigenvalue weighted by molar-refractivity contribution is 5.76. The Hall–Kier alpha value is -1.30. The number of primary amides is 1. The van der Waals surface area contributed by atoms with Crippen molar-refractivity contribution in [1.82, 2.24) is 10.2 Å². The molecule has 0 bridgehead atoms. The lowest BCUT2D eigenvalue weighted by Gasteiger charge is -2.38. The normalized spacial score (nSPS) is 16.5. The first-order chi connectivity index (χ1) is 6.13. The molecule has 3 N–H and O–H groups in total. The van der Waals surface area contributed by atoms with Gasteiger partial charge >= 0.3 is 6.09 Å². The standard InChI is InChI=1S/C7H13N3O3/c1-13-7(12)10-3-5(4-10)9-2-6(8)11/h5,9H,2-4H2,1H3,(H2,8,11). The van der Waals surface area contributed by atoms with E-state index in [0.717, 1.165) is 0 Å². The number of carbonyl (C=O) groups is 2. The summed E-state index contributed by atoms with van der Waals surface area (Å²) >= 11 is 0. The summed E-state index contributed by atoms with van der Waals surface area (Å²) in [6.45, 7) is 1.29. The predicted octanol–water partition coefficient (Wildman–Crippen LogP) is -1.49. The Morgan fingerprint density at radius 1 is 1.62 bits per heavy atom. The molecule has 1 rings (SSSR count). The zero-order chi connectivity index (χ0) is 9.84. The Kier molecular flexibility index (Phi) is 3.07. The van der Waals surface area contributed by atoms with Crippen LogP contribution in [0.25, 0.3) is 0 Å². The van der Waals surface area contributed by atoms with Gasteiger partial charge in [-0.15, -0.1) is 0 Å². The summed E-state index contributed by atoms with van der Waals surface area (Å²) in [5, 5.41) is 2.90. The average molecular weight is 187 g/mol. The molecule has 6 heteroatoms. The van der Waals surface area contributed by atoms with E-state index in [9.17, 15) is 9.59 Å².